The zero-order chi connectivity index (χ0) is 13.8. The van der Waals surface area contributed by atoms with E-state index in [4.69, 9.17) is 9.47 Å². The number of hydrogen-bond acceptors (Lipinski definition) is 4. The second kappa shape index (κ2) is 6.21. The Hall–Kier alpha value is -1.33. The minimum Gasteiger partial charge on any atom is -0.493 e. The van der Waals surface area contributed by atoms with E-state index >= 15 is 0 Å². The third-order valence-corrected chi connectivity index (χ3v) is 3.51. The van der Waals surface area contributed by atoms with Gasteiger partial charge in [-0.3, -0.25) is 0 Å². The van der Waals surface area contributed by atoms with Gasteiger partial charge in [-0.15, -0.1) is 0 Å². The molecular formula is C14H20FNO3. The summed E-state index contributed by atoms with van der Waals surface area (Å²) in [5.41, 5.74) is 0.524. The second-order valence-corrected chi connectivity index (χ2v) is 4.74. The number of aliphatic hydroxyl groups is 1. The number of aliphatic hydroxyl groups excluding tert-OH is 1. The van der Waals surface area contributed by atoms with Crippen LogP contribution in [-0.2, 0) is 0 Å². The highest BCUT2D eigenvalue weighted by Gasteiger charge is 2.19. The highest BCUT2D eigenvalue weighted by Crippen LogP contribution is 2.34. The van der Waals surface area contributed by atoms with Crippen LogP contribution in [0.5, 0.6) is 11.5 Å². The molecule has 1 unspecified atom stereocenters. The van der Waals surface area contributed by atoms with Gasteiger partial charge in [0.15, 0.2) is 17.3 Å². The van der Waals surface area contributed by atoms with Crippen molar-refractivity contribution in [3.05, 3.63) is 23.5 Å². The van der Waals surface area contributed by atoms with Crippen LogP contribution in [0.15, 0.2) is 12.1 Å². The summed E-state index contributed by atoms with van der Waals surface area (Å²) in [7, 11) is 2.84. The van der Waals surface area contributed by atoms with Crippen LogP contribution in [0.4, 0.5) is 4.39 Å². The van der Waals surface area contributed by atoms with Gasteiger partial charge in [-0.05, 0) is 43.6 Å². The lowest BCUT2D eigenvalue weighted by Crippen LogP contribution is -2.38. The number of benzene rings is 1. The molecule has 5 heteroatoms. The number of halogens is 1. The molecule has 0 aromatic heterocycles. The molecule has 1 fully saturated rings. The average Bonchev–Trinajstić information content (AvgIpc) is 2.35. The van der Waals surface area contributed by atoms with Crippen molar-refractivity contribution in [2.75, 3.05) is 33.9 Å². The molecule has 19 heavy (non-hydrogen) atoms. The molecule has 1 aromatic rings. The minimum atomic E-state index is -0.685. The molecular weight excluding hydrogens is 249 g/mol. The summed E-state index contributed by atoms with van der Waals surface area (Å²) in [6.45, 7) is 3.01. The molecule has 1 N–H and O–H groups in total. The molecule has 106 valence electrons. The Morgan fingerprint density at radius 3 is 2.58 bits per heavy atom. The zero-order valence-corrected chi connectivity index (χ0v) is 11.4. The number of methoxy groups -OCH3 is 2. The smallest absolute Gasteiger partial charge is 0.196 e. The molecule has 1 aliphatic rings. The molecule has 1 heterocycles. The Kier molecular flexibility index (Phi) is 4.61. The van der Waals surface area contributed by atoms with Crippen molar-refractivity contribution in [2.45, 2.75) is 18.9 Å². The maximum Gasteiger partial charge on any atom is 0.196 e. The molecule has 4 nitrogen and oxygen atoms in total. The highest BCUT2D eigenvalue weighted by atomic mass is 19.1. The van der Waals surface area contributed by atoms with Crippen molar-refractivity contribution in [3.63, 3.8) is 0 Å². The van der Waals surface area contributed by atoms with Gasteiger partial charge in [-0.1, -0.05) is 0 Å². The van der Waals surface area contributed by atoms with Gasteiger partial charge < -0.3 is 19.5 Å². The van der Waals surface area contributed by atoms with Crippen LogP contribution in [0.25, 0.3) is 0 Å². The van der Waals surface area contributed by atoms with Crippen LogP contribution in [0, 0.1) is 5.82 Å². The lowest BCUT2D eigenvalue weighted by Gasteiger charge is -2.31. The van der Waals surface area contributed by atoms with E-state index in [-0.39, 0.29) is 5.75 Å². The van der Waals surface area contributed by atoms with Gasteiger partial charge in [0.25, 0.3) is 0 Å². The first kappa shape index (κ1) is 14.1. The Morgan fingerprint density at radius 2 is 2.05 bits per heavy atom. The fraction of sp³-hybridized carbons (Fsp3) is 0.571. The molecule has 2 rings (SSSR count). The predicted octanol–water partition coefficient (Wildman–Crippen LogP) is 1.97. The average molecular weight is 269 g/mol. The largest absolute Gasteiger partial charge is 0.493 e. The summed E-state index contributed by atoms with van der Waals surface area (Å²) in [6.07, 6.45) is 1.13. The maximum absolute atomic E-state index is 13.8. The SMILES string of the molecule is COc1cc(C(O)CCN2CCC2)cc(F)c1OC. The van der Waals surface area contributed by atoms with E-state index in [0.29, 0.717) is 17.7 Å². The lowest BCUT2D eigenvalue weighted by atomic mass is 10.0. The van der Waals surface area contributed by atoms with E-state index in [0.717, 1.165) is 19.6 Å². The first-order chi connectivity index (χ1) is 9.15. The van der Waals surface area contributed by atoms with Crippen LogP contribution in [0.1, 0.15) is 24.5 Å². The molecule has 0 amide bonds. The van der Waals surface area contributed by atoms with Gasteiger partial charge in [-0.2, -0.15) is 0 Å². The van der Waals surface area contributed by atoms with Gasteiger partial charge in [0.05, 0.1) is 20.3 Å². The Balaban J connectivity index is 2.07. The molecule has 1 saturated heterocycles. The molecule has 1 aliphatic heterocycles. The summed E-state index contributed by atoms with van der Waals surface area (Å²) in [5.74, 6) is -0.137. The molecule has 0 spiro atoms. The molecule has 0 aliphatic carbocycles. The summed E-state index contributed by atoms with van der Waals surface area (Å²) in [4.78, 5) is 2.26. The third-order valence-electron chi connectivity index (χ3n) is 3.51. The third kappa shape index (κ3) is 3.16. The number of nitrogens with zero attached hydrogens (tertiary/aromatic N) is 1. The van der Waals surface area contributed by atoms with Gasteiger partial charge in [0.1, 0.15) is 0 Å². The van der Waals surface area contributed by atoms with Gasteiger partial charge in [-0.25, -0.2) is 4.39 Å². The quantitative estimate of drug-likeness (QED) is 0.857. The predicted molar refractivity (Wildman–Crippen MR) is 70.1 cm³/mol. The van der Waals surface area contributed by atoms with Crippen molar-refractivity contribution >= 4 is 0 Å². The van der Waals surface area contributed by atoms with Crippen LogP contribution >= 0.6 is 0 Å². The summed E-state index contributed by atoms with van der Waals surface area (Å²) < 4.78 is 23.8. The van der Waals surface area contributed by atoms with E-state index in [1.807, 2.05) is 0 Å². The molecule has 0 radical (unpaired) electrons. The van der Waals surface area contributed by atoms with Gasteiger partial charge in [0.2, 0.25) is 0 Å². The topological polar surface area (TPSA) is 41.9 Å². The fourth-order valence-electron chi connectivity index (χ4n) is 2.21. The van der Waals surface area contributed by atoms with Crippen molar-refractivity contribution in [1.82, 2.24) is 4.90 Å². The summed E-state index contributed by atoms with van der Waals surface area (Å²) >= 11 is 0. The number of likely N-dealkylation sites (tertiary alicyclic amines) is 1. The number of hydrogen-bond donors (Lipinski definition) is 1. The van der Waals surface area contributed by atoms with Crippen molar-refractivity contribution in [3.8, 4) is 11.5 Å². The zero-order valence-electron chi connectivity index (χ0n) is 11.4. The molecule has 1 atom stereocenters. The highest BCUT2D eigenvalue weighted by molar-refractivity contribution is 5.44. The van der Waals surface area contributed by atoms with Gasteiger partial charge in [0, 0.05) is 6.54 Å². The number of ether oxygens (including phenoxy) is 2. The van der Waals surface area contributed by atoms with Crippen LogP contribution in [0.2, 0.25) is 0 Å². The summed E-state index contributed by atoms with van der Waals surface area (Å²) in [6, 6.07) is 2.94. The van der Waals surface area contributed by atoms with Crippen molar-refractivity contribution in [1.29, 1.82) is 0 Å². The second-order valence-electron chi connectivity index (χ2n) is 4.74. The lowest BCUT2D eigenvalue weighted by molar-refractivity contribution is 0.116. The first-order valence-electron chi connectivity index (χ1n) is 6.47. The minimum absolute atomic E-state index is 0.0705. The molecule has 1 aromatic carbocycles. The Labute approximate surface area is 112 Å². The summed E-state index contributed by atoms with van der Waals surface area (Å²) in [5, 5.41) is 10.1. The van der Waals surface area contributed by atoms with E-state index in [1.165, 1.54) is 26.7 Å². The monoisotopic (exact) mass is 269 g/mol. The van der Waals surface area contributed by atoms with E-state index in [9.17, 15) is 9.50 Å². The van der Waals surface area contributed by atoms with E-state index in [2.05, 4.69) is 4.90 Å². The van der Waals surface area contributed by atoms with E-state index < -0.39 is 11.9 Å². The number of rotatable bonds is 6. The maximum atomic E-state index is 13.8. The molecule has 0 saturated carbocycles. The van der Waals surface area contributed by atoms with Crippen molar-refractivity contribution in [2.24, 2.45) is 0 Å². The van der Waals surface area contributed by atoms with Crippen molar-refractivity contribution < 1.29 is 19.0 Å². The molecule has 0 bridgehead atoms. The standard InChI is InChI=1S/C14H20FNO3/c1-18-13-9-10(8-11(15)14(13)19-2)12(17)4-7-16-5-3-6-16/h8-9,12,17H,3-7H2,1-2H3. The Bertz CT molecular complexity index is 435. The Morgan fingerprint density at radius 1 is 1.32 bits per heavy atom. The normalized spacial score (nSPS) is 16.8. The van der Waals surface area contributed by atoms with Crippen LogP contribution in [-0.4, -0.2) is 43.9 Å². The van der Waals surface area contributed by atoms with E-state index in [1.54, 1.807) is 6.07 Å². The van der Waals surface area contributed by atoms with Crippen LogP contribution < -0.4 is 9.47 Å². The van der Waals surface area contributed by atoms with Crippen LogP contribution in [0.3, 0.4) is 0 Å². The van der Waals surface area contributed by atoms with Gasteiger partial charge >= 0.3 is 0 Å². The fourth-order valence-corrected chi connectivity index (χ4v) is 2.21. The first-order valence-corrected chi connectivity index (χ1v) is 6.47.